The third-order valence-electron chi connectivity index (χ3n) is 5.94. The molecule has 28 heavy (non-hydrogen) atoms. The van der Waals surface area contributed by atoms with Crippen molar-refractivity contribution >= 4 is 23.2 Å². The molecule has 2 aromatic rings. The highest BCUT2D eigenvalue weighted by atomic mass is 32.1. The molecule has 0 spiro atoms. The second-order valence-electron chi connectivity index (χ2n) is 8.38. The Bertz CT molecular complexity index is 870. The summed E-state index contributed by atoms with van der Waals surface area (Å²) in [5.41, 5.74) is 3.18. The van der Waals surface area contributed by atoms with Gasteiger partial charge in [0.1, 0.15) is 0 Å². The first-order valence-electron chi connectivity index (χ1n) is 10.5. The molecule has 4 nitrogen and oxygen atoms in total. The summed E-state index contributed by atoms with van der Waals surface area (Å²) in [5.74, 6) is 0.186. The highest BCUT2D eigenvalue weighted by molar-refractivity contribution is 7.14. The number of benzene rings is 1. The molecule has 0 radical (unpaired) electrons. The number of hydrogen-bond donors (Lipinski definition) is 1. The van der Waals surface area contributed by atoms with Gasteiger partial charge in [-0.25, -0.2) is 0 Å². The predicted octanol–water partition coefficient (Wildman–Crippen LogP) is 4.32. The van der Waals surface area contributed by atoms with E-state index in [2.05, 4.69) is 11.4 Å². The van der Waals surface area contributed by atoms with E-state index in [1.165, 1.54) is 23.3 Å². The van der Waals surface area contributed by atoms with Crippen LogP contribution in [0.15, 0.2) is 30.3 Å². The third kappa shape index (κ3) is 3.86. The van der Waals surface area contributed by atoms with Gasteiger partial charge in [-0.2, -0.15) is 0 Å². The molecule has 3 aliphatic rings. The lowest BCUT2D eigenvalue weighted by Crippen LogP contribution is -2.32. The number of carbonyl (C=O) groups excluding carboxylic acids is 2. The van der Waals surface area contributed by atoms with Crippen molar-refractivity contribution < 1.29 is 9.59 Å². The van der Waals surface area contributed by atoms with Crippen LogP contribution in [0.25, 0.3) is 0 Å². The molecular weight excluding hydrogens is 368 g/mol. The molecule has 1 heterocycles. The normalized spacial score (nSPS) is 18.4. The minimum absolute atomic E-state index is 0.00772. The molecule has 2 fully saturated rings. The van der Waals surface area contributed by atoms with Gasteiger partial charge >= 0.3 is 0 Å². The zero-order valence-corrected chi connectivity index (χ0v) is 16.9. The summed E-state index contributed by atoms with van der Waals surface area (Å²) in [5, 5.41) is 3.02. The fourth-order valence-electron chi connectivity index (χ4n) is 3.95. The molecule has 0 bridgehead atoms. The second-order valence-corrected chi connectivity index (χ2v) is 9.51. The van der Waals surface area contributed by atoms with Gasteiger partial charge in [0, 0.05) is 29.1 Å². The lowest BCUT2D eigenvalue weighted by molar-refractivity contribution is 0.0734. The van der Waals surface area contributed by atoms with Gasteiger partial charge in [-0.3, -0.25) is 9.59 Å². The topological polar surface area (TPSA) is 49.4 Å². The van der Waals surface area contributed by atoms with E-state index in [1.54, 1.807) is 11.3 Å². The van der Waals surface area contributed by atoms with Crippen molar-refractivity contribution in [3.63, 3.8) is 0 Å². The van der Waals surface area contributed by atoms with E-state index >= 15 is 0 Å². The number of nitrogens with one attached hydrogen (secondary N) is 1. The van der Waals surface area contributed by atoms with Gasteiger partial charge in [-0.05, 0) is 80.7 Å². The maximum absolute atomic E-state index is 13.2. The maximum atomic E-state index is 13.2. The predicted molar refractivity (Wildman–Crippen MR) is 111 cm³/mol. The fourth-order valence-corrected chi connectivity index (χ4v) is 5.15. The molecule has 1 aromatic heterocycles. The van der Waals surface area contributed by atoms with Crippen molar-refractivity contribution in [3.8, 4) is 0 Å². The van der Waals surface area contributed by atoms with E-state index in [4.69, 9.17) is 0 Å². The van der Waals surface area contributed by atoms with Gasteiger partial charge in [-0.1, -0.05) is 12.1 Å². The lowest BCUT2D eigenvalue weighted by atomic mass is 9.99. The van der Waals surface area contributed by atoms with Crippen LogP contribution in [0.5, 0.6) is 0 Å². The van der Waals surface area contributed by atoms with Crippen molar-refractivity contribution in [1.82, 2.24) is 10.2 Å². The van der Waals surface area contributed by atoms with Crippen molar-refractivity contribution in [2.24, 2.45) is 0 Å². The summed E-state index contributed by atoms with van der Waals surface area (Å²) in [6, 6.07) is 10.6. The van der Waals surface area contributed by atoms with E-state index < -0.39 is 0 Å². The molecule has 0 aliphatic heterocycles. The number of nitrogens with zero attached hydrogens (tertiary/aromatic N) is 1. The van der Waals surface area contributed by atoms with Crippen LogP contribution in [0.3, 0.4) is 0 Å². The summed E-state index contributed by atoms with van der Waals surface area (Å²) >= 11 is 1.70. The third-order valence-corrected chi connectivity index (χ3v) is 7.16. The quantitative estimate of drug-likeness (QED) is 0.793. The molecule has 1 N–H and O–H groups in total. The molecule has 146 valence electrons. The Hall–Kier alpha value is -2.14. The summed E-state index contributed by atoms with van der Waals surface area (Å²) in [6.07, 6.45) is 9.10. The van der Waals surface area contributed by atoms with E-state index in [0.29, 0.717) is 24.2 Å². The Morgan fingerprint density at radius 1 is 1.04 bits per heavy atom. The Morgan fingerprint density at radius 3 is 2.46 bits per heavy atom. The SMILES string of the molecule is O=C(NC1CC1)c1ccc(CN(C(=O)c2cc3c(s2)CCCC3)C2CC2)cc1. The Morgan fingerprint density at radius 2 is 1.79 bits per heavy atom. The number of fused-ring (bicyclic) bond motifs is 1. The molecule has 0 atom stereocenters. The first kappa shape index (κ1) is 17.9. The highest BCUT2D eigenvalue weighted by Crippen LogP contribution is 2.34. The van der Waals surface area contributed by atoms with Gasteiger partial charge < -0.3 is 10.2 Å². The summed E-state index contributed by atoms with van der Waals surface area (Å²) in [6.45, 7) is 0.622. The first-order valence-corrected chi connectivity index (χ1v) is 11.3. The van der Waals surface area contributed by atoms with Crippen LogP contribution >= 0.6 is 11.3 Å². The Balaban J connectivity index is 1.29. The maximum Gasteiger partial charge on any atom is 0.264 e. The zero-order valence-electron chi connectivity index (χ0n) is 16.1. The van der Waals surface area contributed by atoms with Crippen molar-refractivity contribution in [2.45, 2.75) is 70.0 Å². The number of amides is 2. The standard InChI is InChI=1S/C23H26N2O2S/c26-22(24-18-9-10-18)16-7-5-15(6-8-16)14-25(19-11-12-19)23(27)21-13-17-3-1-2-4-20(17)28-21/h5-8,13,18-19H,1-4,9-12,14H2,(H,24,26). The molecule has 1 aromatic carbocycles. The van der Waals surface area contributed by atoms with Crippen molar-refractivity contribution in [1.29, 1.82) is 0 Å². The summed E-state index contributed by atoms with van der Waals surface area (Å²) in [4.78, 5) is 29.7. The molecule has 0 unspecified atom stereocenters. The minimum atomic E-state index is 0.00772. The molecule has 5 rings (SSSR count). The average Bonchev–Trinajstić information content (AvgIpc) is 3.64. The van der Waals surface area contributed by atoms with E-state index in [0.717, 1.165) is 49.0 Å². The van der Waals surface area contributed by atoms with Gasteiger partial charge in [0.05, 0.1) is 4.88 Å². The minimum Gasteiger partial charge on any atom is -0.349 e. The number of hydrogen-bond acceptors (Lipinski definition) is 3. The molecule has 3 aliphatic carbocycles. The van der Waals surface area contributed by atoms with Gasteiger partial charge in [0.15, 0.2) is 0 Å². The van der Waals surface area contributed by atoms with Crippen molar-refractivity contribution in [3.05, 3.63) is 56.8 Å². The number of thiophene rings is 1. The van der Waals surface area contributed by atoms with Crippen LogP contribution in [-0.4, -0.2) is 28.8 Å². The number of rotatable bonds is 6. The van der Waals surface area contributed by atoms with Gasteiger partial charge in [-0.15, -0.1) is 11.3 Å². The van der Waals surface area contributed by atoms with Crippen LogP contribution in [-0.2, 0) is 19.4 Å². The van der Waals surface area contributed by atoms with E-state index in [9.17, 15) is 9.59 Å². The monoisotopic (exact) mass is 394 g/mol. The van der Waals surface area contributed by atoms with Crippen LogP contribution in [0.1, 0.15) is 74.6 Å². The molecule has 0 saturated heterocycles. The van der Waals surface area contributed by atoms with Crippen molar-refractivity contribution in [2.75, 3.05) is 0 Å². The van der Waals surface area contributed by atoms with Crippen LogP contribution < -0.4 is 5.32 Å². The Labute approximate surface area is 169 Å². The van der Waals surface area contributed by atoms with E-state index in [1.807, 2.05) is 29.2 Å². The Kier molecular flexibility index (Phi) is 4.71. The molecule has 2 saturated carbocycles. The fraction of sp³-hybridized carbons (Fsp3) is 0.478. The van der Waals surface area contributed by atoms with Gasteiger partial charge in [0.25, 0.3) is 11.8 Å². The van der Waals surface area contributed by atoms with E-state index in [-0.39, 0.29) is 11.8 Å². The van der Waals surface area contributed by atoms with Crippen LogP contribution in [0.2, 0.25) is 0 Å². The molecule has 5 heteroatoms. The summed E-state index contributed by atoms with van der Waals surface area (Å²) in [7, 11) is 0. The number of aryl methyl sites for hydroxylation is 2. The average molecular weight is 395 g/mol. The molecular formula is C23H26N2O2S. The second kappa shape index (κ2) is 7.36. The van der Waals surface area contributed by atoms with Crippen LogP contribution in [0, 0.1) is 0 Å². The number of carbonyl (C=O) groups is 2. The van der Waals surface area contributed by atoms with Gasteiger partial charge in [0.2, 0.25) is 0 Å². The van der Waals surface area contributed by atoms with Crippen LogP contribution in [0.4, 0.5) is 0 Å². The summed E-state index contributed by atoms with van der Waals surface area (Å²) < 4.78 is 0. The first-order chi connectivity index (χ1) is 13.7. The largest absolute Gasteiger partial charge is 0.349 e. The zero-order chi connectivity index (χ0) is 19.1. The molecule has 2 amide bonds. The highest BCUT2D eigenvalue weighted by Gasteiger charge is 2.34. The smallest absolute Gasteiger partial charge is 0.264 e. The lowest BCUT2D eigenvalue weighted by Gasteiger charge is -2.22.